The van der Waals surface area contributed by atoms with E-state index in [0.29, 0.717) is 6.42 Å². The van der Waals surface area contributed by atoms with E-state index in [0.717, 1.165) is 45.4 Å². The Morgan fingerprint density at radius 1 is 1.35 bits per heavy atom. The van der Waals surface area contributed by atoms with Crippen LogP contribution in [0, 0.1) is 0 Å². The van der Waals surface area contributed by atoms with Crippen molar-refractivity contribution < 1.29 is 4.79 Å². The van der Waals surface area contributed by atoms with E-state index in [9.17, 15) is 4.79 Å². The van der Waals surface area contributed by atoms with Gasteiger partial charge >= 0.3 is 0 Å². The maximum atomic E-state index is 11.6. The van der Waals surface area contributed by atoms with Crippen LogP contribution in [0.3, 0.4) is 0 Å². The molecule has 0 aliphatic heterocycles. The van der Waals surface area contributed by atoms with Gasteiger partial charge < -0.3 is 16.0 Å². The van der Waals surface area contributed by atoms with E-state index in [-0.39, 0.29) is 11.4 Å². The first kappa shape index (κ1) is 14.5. The summed E-state index contributed by atoms with van der Waals surface area (Å²) in [6.07, 6.45) is 4.69. The topological polar surface area (TPSA) is 58.4 Å². The van der Waals surface area contributed by atoms with Gasteiger partial charge in [-0.2, -0.15) is 0 Å². The zero-order valence-corrected chi connectivity index (χ0v) is 11.3. The molecule has 0 aromatic rings. The first-order valence-electron chi connectivity index (χ1n) is 6.87. The van der Waals surface area contributed by atoms with Crippen molar-refractivity contribution in [3.05, 3.63) is 0 Å². The Bertz CT molecular complexity index is 235. The van der Waals surface area contributed by atoms with Crippen LogP contribution >= 0.6 is 0 Å². The molecule has 0 bridgehead atoms. The summed E-state index contributed by atoms with van der Waals surface area (Å²) in [5.74, 6) is 0.117. The summed E-state index contributed by atoms with van der Waals surface area (Å²) in [7, 11) is 0. The molecule has 1 fully saturated rings. The van der Waals surface area contributed by atoms with Crippen LogP contribution in [0.4, 0.5) is 0 Å². The summed E-state index contributed by atoms with van der Waals surface area (Å²) in [5.41, 5.74) is 5.84. The molecule has 1 aliphatic carbocycles. The van der Waals surface area contributed by atoms with Gasteiger partial charge in [-0.15, -0.1) is 0 Å². The highest BCUT2D eigenvalue weighted by Crippen LogP contribution is 2.31. The molecule has 1 amide bonds. The highest BCUT2D eigenvalue weighted by molar-refractivity contribution is 5.77. The minimum Gasteiger partial charge on any atom is -0.356 e. The molecular weight excluding hydrogens is 214 g/mol. The second-order valence-electron chi connectivity index (χ2n) is 5.12. The second kappa shape index (κ2) is 6.97. The normalized spacial score (nSPS) is 17.9. The van der Waals surface area contributed by atoms with Gasteiger partial charge in [-0.1, -0.05) is 13.8 Å². The third-order valence-electron chi connectivity index (χ3n) is 3.73. The molecule has 0 aromatic heterocycles. The fourth-order valence-corrected chi connectivity index (χ4v) is 2.26. The molecule has 0 radical (unpaired) electrons. The van der Waals surface area contributed by atoms with Crippen LogP contribution in [0.15, 0.2) is 0 Å². The molecule has 0 atom stereocenters. The summed E-state index contributed by atoms with van der Waals surface area (Å²) in [5, 5.41) is 2.96. The molecule has 4 heteroatoms. The average Bonchev–Trinajstić information content (AvgIpc) is 2.27. The van der Waals surface area contributed by atoms with E-state index in [1.54, 1.807) is 0 Å². The van der Waals surface area contributed by atoms with Crippen molar-refractivity contribution in [1.29, 1.82) is 0 Å². The lowest BCUT2D eigenvalue weighted by Gasteiger charge is -2.37. The molecule has 1 aliphatic rings. The Morgan fingerprint density at radius 2 is 2.00 bits per heavy atom. The summed E-state index contributed by atoms with van der Waals surface area (Å²) >= 11 is 0. The molecule has 0 spiro atoms. The van der Waals surface area contributed by atoms with Crippen molar-refractivity contribution in [2.45, 2.75) is 51.5 Å². The molecular formula is C13H27N3O. The van der Waals surface area contributed by atoms with Gasteiger partial charge in [0.05, 0.1) is 0 Å². The number of carbonyl (C=O) groups excluding carboxylic acids is 1. The van der Waals surface area contributed by atoms with Crippen LogP contribution < -0.4 is 11.1 Å². The minimum atomic E-state index is -0.192. The lowest BCUT2D eigenvalue weighted by molar-refractivity contribution is -0.123. The standard InChI is InChI=1S/C13H27N3O/c1-3-16(4-2)10-6-9-15-12(17)11-13(14)7-5-8-13/h3-11,14H2,1-2H3,(H,15,17). The van der Waals surface area contributed by atoms with E-state index in [1.807, 2.05) is 0 Å². The van der Waals surface area contributed by atoms with Crippen LogP contribution in [0.1, 0.15) is 46.0 Å². The van der Waals surface area contributed by atoms with Crippen molar-refractivity contribution in [3.8, 4) is 0 Å². The molecule has 3 N–H and O–H groups in total. The van der Waals surface area contributed by atoms with E-state index in [4.69, 9.17) is 5.73 Å². The number of nitrogens with one attached hydrogen (secondary N) is 1. The minimum absolute atomic E-state index is 0.117. The van der Waals surface area contributed by atoms with Gasteiger partial charge in [0.1, 0.15) is 0 Å². The van der Waals surface area contributed by atoms with Crippen molar-refractivity contribution in [2.24, 2.45) is 5.73 Å². The van der Waals surface area contributed by atoms with Crippen molar-refractivity contribution in [1.82, 2.24) is 10.2 Å². The Kier molecular flexibility index (Phi) is 5.92. The fourth-order valence-electron chi connectivity index (χ4n) is 2.26. The SMILES string of the molecule is CCN(CC)CCCNC(=O)CC1(N)CCC1. The van der Waals surface area contributed by atoms with Gasteiger partial charge in [0, 0.05) is 18.5 Å². The highest BCUT2D eigenvalue weighted by Gasteiger charge is 2.34. The molecule has 1 rings (SSSR count). The van der Waals surface area contributed by atoms with Crippen molar-refractivity contribution >= 4 is 5.91 Å². The third-order valence-corrected chi connectivity index (χ3v) is 3.73. The molecule has 0 aromatic carbocycles. The number of hydrogen-bond acceptors (Lipinski definition) is 3. The monoisotopic (exact) mass is 241 g/mol. The lowest BCUT2D eigenvalue weighted by atomic mass is 9.75. The Balaban J connectivity index is 2.04. The molecule has 0 heterocycles. The van der Waals surface area contributed by atoms with Crippen molar-refractivity contribution in [2.75, 3.05) is 26.2 Å². The maximum absolute atomic E-state index is 11.6. The largest absolute Gasteiger partial charge is 0.356 e. The third kappa shape index (κ3) is 5.04. The molecule has 100 valence electrons. The number of hydrogen-bond donors (Lipinski definition) is 2. The van der Waals surface area contributed by atoms with E-state index in [1.165, 1.54) is 6.42 Å². The fraction of sp³-hybridized carbons (Fsp3) is 0.923. The van der Waals surface area contributed by atoms with Crippen LogP contribution in [-0.4, -0.2) is 42.5 Å². The van der Waals surface area contributed by atoms with Crippen LogP contribution in [0.2, 0.25) is 0 Å². The van der Waals surface area contributed by atoms with Gasteiger partial charge in [0.15, 0.2) is 0 Å². The van der Waals surface area contributed by atoms with E-state index >= 15 is 0 Å². The van der Waals surface area contributed by atoms with Gasteiger partial charge in [-0.25, -0.2) is 0 Å². The average molecular weight is 241 g/mol. The number of amides is 1. The summed E-state index contributed by atoms with van der Waals surface area (Å²) in [6.45, 7) is 8.31. The molecule has 0 saturated heterocycles. The van der Waals surface area contributed by atoms with Gasteiger partial charge in [-0.05, 0) is 45.3 Å². The maximum Gasteiger partial charge on any atom is 0.221 e. The zero-order valence-electron chi connectivity index (χ0n) is 11.3. The number of nitrogens with zero attached hydrogens (tertiary/aromatic N) is 1. The highest BCUT2D eigenvalue weighted by atomic mass is 16.1. The molecule has 17 heavy (non-hydrogen) atoms. The predicted molar refractivity (Wildman–Crippen MR) is 70.8 cm³/mol. The van der Waals surface area contributed by atoms with Gasteiger partial charge in [0.25, 0.3) is 0 Å². The molecule has 1 saturated carbocycles. The Morgan fingerprint density at radius 3 is 2.47 bits per heavy atom. The van der Waals surface area contributed by atoms with Crippen LogP contribution in [-0.2, 0) is 4.79 Å². The van der Waals surface area contributed by atoms with E-state index in [2.05, 4.69) is 24.1 Å². The zero-order chi connectivity index (χ0) is 12.7. The van der Waals surface area contributed by atoms with Gasteiger partial charge in [-0.3, -0.25) is 4.79 Å². The quantitative estimate of drug-likeness (QED) is 0.626. The summed E-state index contributed by atoms with van der Waals surface area (Å²) in [4.78, 5) is 14.0. The first-order chi connectivity index (χ1) is 8.09. The van der Waals surface area contributed by atoms with Crippen LogP contribution in [0.25, 0.3) is 0 Å². The lowest BCUT2D eigenvalue weighted by Crippen LogP contribution is -2.50. The number of nitrogens with two attached hydrogens (primary N) is 1. The summed E-state index contributed by atoms with van der Waals surface area (Å²) < 4.78 is 0. The predicted octanol–water partition coefficient (Wildman–Crippen LogP) is 1.11. The van der Waals surface area contributed by atoms with Crippen molar-refractivity contribution in [3.63, 3.8) is 0 Å². The second-order valence-corrected chi connectivity index (χ2v) is 5.12. The first-order valence-corrected chi connectivity index (χ1v) is 6.87. The van der Waals surface area contributed by atoms with Crippen LogP contribution in [0.5, 0.6) is 0 Å². The smallest absolute Gasteiger partial charge is 0.221 e. The number of carbonyl (C=O) groups is 1. The van der Waals surface area contributed by atoms with E-state index < -0.39 is 0 Å². The number of rotatable bonds is 8. The summed E-state index contributed by atoms with van der Waals surface area (Å²) in [6, 6.07) is 0. The Hall–Kier alpha value is -0.610. The van der Waals surface area contributed by atoms with Gasteiger partial charge in [0.2, 0.25) is 5.91 Å². The molecule has 0 unspecified atom stereocenters. The molecule has 4 nitrogen and oxygen atoms in total. The Labute approximate surface area is 105 Å².